The SMILES string of the molecule is C=C(C)C(=O)OCCOC(=O)CCCNC(=O)OC(C)(C)C. The smallest absolute Gasteiger partial charge is 0.407 e. The van der Waals surface area contributed by atoms with Crippen LogP contribution >= 0.6 is 0 Å². The van der Waals surface area contributed by atoms with Crippen LogP contribution in [0.4, 0.5) is 4.79 Å². The van der Waals surface area contributed by atoms with Gasteiger partial charge >= 0.3 is 18.0 Å². The van der Waals surface area contributed by atoms with Crippen LogP contribution in [0.15, 0.2) is 12.2 Å². The summed E-state index contributed by atoms with van der Waals surface area (Å²) in [6.45, 7) is 10.6. The van der Waals surface area contributed by atoms with Gasteiger partial charge in [-0.25, -0.2) is 9.59 Å². The summed E-state index contributed by atoms with van der Waals surface area (Å²) in [6, 6.07) is 0. The molecule has 0 radical (unpaired) electrons. The summed E-state index contributed by atoms with van der Waals surface area (Å²) in [5.74, 6) is -0.935. The zero-order chi connectivity index (χ0) is 17.2. The molecule has 0 saturated carbocycles. The lowest BCUT2D eigenvalue weighted by Gasteiger charge is -2.19. The Morgan fingerprint density at radius 3 is 2.23 bits per heavy atom. The maximum absolute atomic E-state index is 11.4. The fourth-order valence-corrected chi connectivity index (χ4v) is 1.22. The quantitative estimate of drug-likeness (QED) is 0.319. The van der Waals surface area contributed by atoms with Gasteiger partial charge < -0.3 is 19.5 Å². The Morgan fingerprint density at radius 2 is 1.68 bits per heavy atom. The molecule has 0 spiro atoms. The second-order valence-corrected chi connectivity index (χ2v) is 5.67. The van der Waals surface area contributed by atoms with Gasteiger partial charge in [0, 0.05) is 18.5 Å². The van der Waals surface area contributed by atoms with Crippen molar-refractivity contribution >= 4 is 18.0 Å². The Balaban J connectivity index is 3.60. The average molecular weight is 315 g/mol. The van der Waals surface area contributed by atoms with Crippen molar-refractivity contribution in [1.82, 2.24) is 5.32 Å². The maximum atomic E-state index is 11.4. The van der Waals surface area contributed by atoms with E-state index in [0.717, 1.165) is 0 Å². The highest BCUT2D eigenvalue weighted by Gasteiger charge is 2.15. The first-order valence-corrected chi connectivity index (χ1v) is 7.07. The Morgan fingerprint density at radius 1 is 1.09 bits per heavy atom. The molecule has 0 aliphatic rings. The van der Waals surface area contributed by atoms with Crippen molar-refractivity contribution in [3.8, 4) is 0 Å². The van der Waals surface area contributed by atoms with Gasteiger partial charge in [-0.05, 0) is 34.1 Å². The van der Waals surface area contributed by atoms with E-state index in [2.05, 4.69) is 11.9 Å². The molecule has 7 nitrogen and oxygen atoms in total. The summed E-state index contributed by atoms with van der Waals surface area (Å²) in [5.41, 5.74) is -0.260. The van der Waals surface area contributed by atoms with Crippen LogP contribution in [-0.4, -0.2) is 43.4 Å². The lowest BCUT2D eigenvalue weighted by Crippen LogP contribution is -2.33. The van der Waals surface area contributed by atoms with Crippen molar-refractivity contribution in [3.05, 3.63) is 12.2 Å². The molecule has 1 N–H and O–H groups in total. The molecular formula is C15H25NO6. The molecule has 0 aliphatic heterocycles. The van der Waals surface area contributed by atoms with Gasteiger partial charge in [0.2, 0.25) is 0 Å². The third-order valence-corrected chi connectivity index (χ3v) is 2.15. The second-order valence-electron chi connectivity index (χ2n) is 5.67. The van der Waals surface area contributed by atoms with Gasteiger partial charge in [-0.3, -0.25) is 4.79 Å². The van der Waals surface area contributed by atoms with Crippen LogP contribution in [-0.2, 0) is 23.8 Å². The third-order valence-electron chi connectivity index (χ3n) is 2.15. The molecule has 0 atom stereocenters. The molecule has 0 bridgehead atoms. The minimum Gasteiger partial charge on any atom is -0.462 e. The van der Waals surface area contributed by atoms with E-state index < -0.39 is 23.6 Å². The van der Waals surface area contributed by atoms with Gasteiger partial charge in [-0.2, -0.15) is 0 Å². The number of hydrogen-bond acceptors (Lipinski definition) is 6. The van der Waals surface area contributed by atoms with Crippen molar-refractivity contribution in [2.45, 2.75) is 46.1 Å². The summed E-state index contributed by atoms with van der Waals surface area (Å²) >= 11 is 0. The summed E-state index contributed by atoms with van der Waals surface area (Å²) in [6.07, 6.45) is 0.0704. The highest BCUT2D eigenvalue weighted by molar-refractivity contribution is 5.86. The normalized spacial score (nSPS) is 10.5. The Hall–Kier alpha value is -2.05. The van der Waals surface area contributed by atoms with Crippen molar-refractivity contribution in [2.75, 3.05) is 19.8 Å². The molecule has 126 valence electrons. The minimum absolute atomic E-state index is 0.00263. The topological polar surface area (TPSA) is 90.9 Å². The van der Waals surface area contributed by atoms with Crippen LogP contribution in [0.3, 0.4) is 0 Å². The zero-order valence-electron chi connectivity index (χ0n) is 13.7. The first kappa shape index (κ1) is 19.9. The molecule has 1 amide bonds. The number of rotatable bonds is 8. The highest BCUT2D eigenvalue weighted by Crippen LogP contribution is 2.06. The Bertz CT molecular complexity index is 411. The average Bonchev–Trinajstić information content (AvgIpc) is 2.37. The number of esters is 2. The summed E-state index contributed by atoms with van der Waals surface area (Å²) < 4.78 is 14.7. The second kappa shape index (κ2) is 9.81. The first-order chi connectivity index (χ1) is 10.1. The van der Waals surface area contributed by atoms with Crippen molar-refractivity contribution in [2.24, 2.45) is 0 Å². The zero-order valence-corrected chi connectivity index (χ0v) is 13.7. The van der Waals surface area contributed by atoms with Gasteiger partial charge in [-0.15, -0.1) is 0 Å². The van der Waals surface area contributed by atoms with E-state index in [1.807, 2.05) is 0 Å². The van der Waals surface area contributed by atoms with Crippen molar-refractivity contribution in [1.29, 1.82) is 0 Å². The van der Waals surface area contributed by atoms with E-state index in [1.165, 1.54) is 6.92 Å². The molecule has 0 unspecified atom stereocenters. The van der Waals surface area contributed by atoms with E-state index in [4.69, 9.17) is 14.2 Å². The molecule has 0 heterocycles. The van der Waals surface area contributed by atoms with Crippen LogP contribution in [0.1, 0.15) is 40.5 Å². The molecule has 0 fully saturated rings. The Labute approximate surface area is 131 Å². The number of amides is 1. The standard InChI is InChI=1S/C15H25NO6/c1-11(2)13(18)21-10-9-20-12(17)7-6-8-16-14(19)22-15(3,4)5/h1,6-10H2,2-5H3,(H,16,19). The largest absolute Gasteiger partial charge is 0.462 e. The van der Waals surface area contributed by atoms with E-state index >= 15 is 0 Å². The van der Waals surface area contributed by atoms with Gasteiger partial charge in [-0.1, -0.05) is 6.58 Å². The summed E-state index contributed by atoms with van der Waals surface area (Å²) in [7, 11) is 0. The van der Waals surface area contributed by atoms with Gasteiger partial charge in [0.05, 0.1) is 0 Å². The van der Waals surface area contributed by atoms with E-state index in [-0.39, 0.29) is 19.6 Å². The molecule has 0 aromatic carbocycles. The van der Waals surface area contributed by atoms with Crippen LogP contribution in [0.5, 0.6) is 0 Å². The molecule has 0 aliphatic carbocycles. The molecule has 0 rings (SSSR count). The number of alkyl carbamates (subject to hydrolysis) is 1. The van der Waals surface area contributed by atoms with Crippen LogP contribution in [0, 0.1) is 0 Å². The first-order valence-electron chi connectivity index (χ1n) is 7.07. The van der Waals surface area contributed by atoms with Crippen LogP contribution in [0.25, 0.3) is 0 Å². The lowest BCUT2D eigenvalue weighted by molar-refractivity contribution is -0.150. The van der Waals surface area contributed by atoms with Crippen molar-refractivity contribution in [3.63, 3.8) is 0 Å². The number of carbonyl (C=O) groups excluding carboxylic acids is 3. The molecule has 0 aromatic heterocycles. The number of hydrogen-bond donors (Lipinski definition) is 1. The van der Waals surface area contributed by atoms with E-state index in [1.54, 1.807) is 20.8 Å². The van der Waals surface area contributed by atoms with E-state index in [9.17, 15) is 14.4 Å². The van der Waals surface area contributed by atoms with Crippen LogP contribution in [0.2, 0.25) is 0 Å². The van der Waals surface area contributed by atoms with Crippen molar-refractivity contribution < 1.29 is 28.6 Å². The lowest BCUT2D eigenvalue weighted by atomic mass is 10.2. The fraction of sp³-hybridized carbons (Fsp3) is 0.667. The monoisotopic (exact) mass is 315 g/mol. The summed E-state index contributed by atoms with van der Waals surface area (Å²) in [4.78, 5) is 33.7. The predicted octanol–water partition coefficient (Wildman–Crippen LogP) is 1.95. The van der Waals surface area contributed by atoms with Crippen LogP contribution < -0.4 is 5.32 Å². The maximum Gasteiger partial charge on any atom is 0.407 e. The summed E-state index contributed by atoms with van der Waals surface area (Å²) in [5, 5.41) is 2.54. The number of ether oxygens (including phenoxy) is 3. The Kier molecular flexibility index (Phi) is 8.89. The van der Waals surface area contributed by atoms with Gasteiger partial charge in [0.15, 0.2) is 0 Å². The molecule has 0 saturated heterocycles. The molecule has 0 aromatic rings. The molecule has 7 heteroatoms. The van der Waals surface area contributed by atoms with Gasteiger partial charge in [0.25, 0.3) is 0 Å². The fourth-order valence-electron chi connectivity index (χ4n) is 1.22. The minimum atomic E-state index is -0.551. The van der Waals surface area contributed by atoms with E-state index in [0.29, 0.717) is 18.5 Å². The van der Waals surface area contributed by atoms with Gasteiger partial charge in [0.1, 0.15) is 18.8 Å². The molecular weight excluding hydrogens is 290 g/mol. The highest BCUT2D eigenvalue weighted by atomic mass is 16.6. The predicted molar refractivity (Wildman–Crippen MR) is 80.2 cm³/mol. The number of nitrogens with one attached hydrogen (secondary N) is 1. The molecule has 22 heavy (non-hydrogen) atoms. The number of carbonyl (C=O) groups is 3. The third kappa shape index (κ3) is 11.7.